The van der Waals surface area contributed by atoms with Gasteiger partial charge < -0.3 is 0 Å². The van der Waals surface area contributed by atoms with Crippen LogP contribution < -0.4 is 0 Å². The molecule has 2 rings (SSSR count). The van der Waals surface area contributed by atoms with E-state index >= 15 is 0 Å². The standard InChI is InChI=1S/C20H28O2/c1-6-13-11-14(7-2)17(15(8-3)12-13)18-16(21)9-10-20(4,5)19(18)22/h11-12,18H,6-10H2,1-5H3. The van der Waals surface area contributed by atoms with Gasteiger partial charge in [-0.3, -0.25) is 9.59 Å². The second kappa shape index (κ2) is 6.36. The molecule has 120 valence electrons. The minimum absolute atomic E-state index is 0.109. The average Bonchev–Trinajstić information content (AvgIpc) is 2.51. The lowest BCUT2D eigenvalue weighted by Gasteiger charge is -2.34. The van der Waals surface area contributed by atoms with Crippen LogP contribution in [0.25, 0.3) is 0 Å². The molecule has 2 heteroatoms. The summed E-state index contributed by atoms with van der Waals surface area (Å²) < 4.78 is 0. The lowest BCUT2D eigenvalue weighted by Crippen LogP contribution is -2.40. The quantitative estimate of drug-likeness (QED) is 0.772. The van der Waals surface area contributed by atoms with Crippen molar-refractivity contribution in [1.29, 1.82) is 0 Å². The minimum Gasteiger partial charge on any atom is -0.299 e. The number of aryl methyl sites for hydroxylation is 3. The lowest BCUT2D eigenvalue weighted by molar-refractivity contribution is -0.139. The predicted octanol–water partition coefficient (Wildman–Crippen LogP) is 4.42. The summed E-state index contributed by atoms with van der Waals surface area (Å²) in [5.41, 5.74) is 4.29. The van der Waals surface area contributed by atoms with Crippen LogP contribution >= 0.6 is 0 Å². The first-order valence-electron chi connectivity index (χ1n) is 8.57. The zero-order valence-corrected chi connectivity index (χ0v) is 14.6. The molecule has 0 aliphatic heterocycles. The number of benzene rings is 1. The topological polar surface area (TPSA) is 34.1 Å². The van der Waals surface area contributed by atoms with Crippen molar-refractivity contribution >= 4 is 11.6 Å². The highest BCUT2D eigenvalue weighted by atomic mass is 16.2. The van der Waals surface area contributed by atoms with E-state index in [1.165, 1.54) is 16.7 Å². The van der Waals surface area contributed by atoms with Gasteiger partial charge in [-0.15, -0.1) is 0 Å². The molecule has 1 unspecified atom stereocenters. The first kappa shape index (κ1) is 16.9. The van der Waals surface area contributed by atoms with Crippen LogP contribution in [0, 0.1) is 5.41 Å². The van der Waals surface area contributed by atoms with Crippen molar-refractivity contribution in [2.45, 2.75) is 72.6 Å². The van der Waals surface area contributed by atoms with E-state index in [2.05, 4.69) is 32.9 Å². The van der Waals surface area contributed by atoms with E-state index in [4.69, 9.17) is 0 Å². The van der Waals surface area contributed by atoms with Crippen LogP contribution in [-0.2, 0) is 28.9 Å². The van der Waals surface area contributed by atoms with Crippen LogP contribution in [0.3, 0.4) is 0 Å². The Labute approximate surface area is 134 Å². The van der Waals surface area contributed by atoms with E-state index in [0.29, 0.717) is 12.8 Å². The normalized spacial score (nSPS) is 21.2. The van der Waals surface area contributed by atoms with Crippen LogP contribution in [0.2, 0.25) is 0 Å². The molecule has 0 heterocycles. The van der Waals surface area contributed by atoms with Crippen molar-refractivity contribution in [3.63, 3.8) is 0 Å². The SMILES string of the molecule is CCc1cc(CC)c(C2C(=O)CCC(C)(C)C2=O)c(CC)c1. The summed E-state index contributed by atoms with van der Waals surface area (Å²) in [7, 11) is 0. The third-order valence-electron chi connectivity index (χ3n) is 5.12. The second-order valence-corrected chi connectivity index (χ2v) is 7.04. The van der Waals surface area contributed by atoms with Crippen molar-refractivity contribution in [3.05, 3.63) is 34.4 Å². The summed E-state index contributed by atoms with van der Waals surface area (Å²) in [4.78, 5) is 25.5. The molecule has 1 fully saturated rings. The number of carbonyl (C=O) groups is 2. The molecule has 1 aliphatic rings. The molecule has 0 bridgehead atoms. The third kappa shape index (κ3) is 2.88. The number of hydrogen-bond donors (Lipinski definition) is 0. The predicted molar refractivity (Wildman–Crippen MR) is 90.3 cm³/mol. The minimum atomic E-state index is -0.542. The van der Waals surface area contributed by atoms with E-state index in [-0.39, 0.29) is 11.6 Å². The van der Waals surface area contributed by atoms with Crippen molar-refractivity contribution in [3.8, 4) is 0 Å². The van der Waals surface area contributed by atoms with Gasteiger partial charge in [-0.05, 0) is 47.9 Å². The largest absolute Gasteiger partial charge is 0.299 e. The Morgan fingerprint density at radius 3 is 2.00 bits per heavy atom. The van der Waals surface area contributed by atoms with Gasteiger partial charge in [-0.1, -0.05) is 46.8 Å². The fraction of sp³-hybridized carbons (Fsp3) is 0.600. The monoisotopic (exact) mass is 300 g/mol. The Morgan fingerprint density at radius 2 is 1.55 bits per heavy atom. The summed E-state index contributed by atoms with van der Waals surface area (Å²) in [6.45, 7) is 10.3. The molecule has 1 atom stereocenters. The summed E-state index contributed by atoms with van der Waals surface area (Å²) in [5.74, 6) is -0.324. The molecular formula is C20H28O2. The van der Waals surface area contributed by atoms with Gasteiger partial charge in [-0.25, -0.2) is 0 Å². The van der Waals surface area contributed by atoms with Crippen LogP contribution in [0.5, 0.6) is 0 Å². The number of Topliss-reactive ketones (excluding diaryl/α,β-unsaturated/α-hetero) is 2. The smallest absolute Gasteiger partial charge is 0.153 e. The average molecular weight is 300 g/mol. The molecule has 22 heavy (non-hydrogen) atoms. The highest BCUT2D eigenvalue weighted by Gasteiger charge is 2.44. The van der Waals surface area contributed by atoms with E-state index in [1.807, 2.05) is 13.8 Å². The van der Waals surface area contributed by atoms with Gasteiger partial charge >= 0.3 is 0 Å². The van der Waals surface area contributed by atoms with Crippen LogP contribution in [0.15, 0.2) is 12.1 Å². The molecule has 0 N–H and O–H groups in total. The molecule has 0 radical (unpaired) electrons. The highest BCUT2D eigenvalue weighted by molar-refractivity contribution is 6.12. The Kier molecular flexibility index (Phi) is 4.89. The molecule has 0 saturated heterocycles. The van der Waals surface area contributed by atoms with Gasteiger partial charge in [0.25, 0.3) is 0 Å². The van der Waals surface area contributed by atoms with Crippen molar-refractivity contribution in [1.82, 2.24) is 0 Å². The first-order chi connectivity index (χ1) is 10.4. The molecule has 0 spiro atoms. The molecular weight excluding hydrogens is 272 g/mol. The van der Waals surface area contributed by atoms with E-state index in [0.717, 1.165) is 24.8 Å². The van der Waals surface area contributed by atoms with E-state index < -0.39 is 11.3 Å². The lowest BCUT2D eigenvalue weighted by atomic mass is 9.66. The van der Waals surface area contributed by atoms with Gasteiger partial charge in [0.05, 0.1) is 0 Å². The number of hydrogen-bond acceptors (Lipinski definition) is 2. The molecule has 0 amide bonds. The zero-order valence-electron chi connectivity index (χ0n) is 14.6. The Bertz CT molecular complexity index is 571. The van der Waals surface area contributed by atoms with E-state index in [9.17, 15) is 9.59 Å². The maximum atomic E-state index is 12.9. The number of carbonyl (C=O) groups excluding carboxylic acids is 2. The Morgan fingerprint density at radius 1 is 1.00 bits per heavy atom. The highest BCUT2D eigenvalue weighted by Crippen LogP contribution is 2.41. The van der Waals surface area contributed by atoms with Crippen molar-refractivity contribution in [2.75, 3.05) is 0 Å². The molecule has 2 nitrogen and oxygen atoms in total. The van der Waals surface area contributed by atoms with Gasteiger partial charge in [0, 0.05) is 11.8 Å². The second-order valence-electron chi connectivity index (χ2n) is 7.04. The van der Waals surface area contributed by atoms with Crippen LogP contribution in [-0.4, -0.2) is 11.6 Å². The molecule has 0 aromatic heterocycles. The summed E-state index contributed by atoms with van der Waals surface area (Å²) in [6, 6.07) is 4.38. The van der Waals surface area contributed by atoms with Gasteiger partial charge in [0.1, 0.15) is 11.7 Å². The van der Waals surface area contributed by atoms with Gasteiger partial charge in [0.2, 0.25) is 0 Å². The Hall–Kier alpha value is -1.44. The van der Waals surface area contributed by atoms with Crippen LogP contribution in [0.1, 0.15) is 75.6 Å². The summed E-state index contributed by atoms with van der Waals surface area (Å²) in [6.07, 6.45) is 3.92. The molecule has 1 saturated carbocycles. The fourth-order valence-electron chi connectivity index (χ4n) is 3.54. The molecule has 1 aromatic carbocycles. The maximum Gasteiger partial charge on any atom is 0.153 e. The fourth-order valence-corrected chi connectivity index (χ4v) is 3.54. The van der Waals surface area contributed by atoms with Gasteiger partial charge in [-0.2, -0.15) is 0 Å². The van der Waals surface area contributed by atoms with Crippen molar-refractivity contribution < 1.29 is 9.59 Å². The zero-order chi connectivity index (χ0) is 16.5. The number of ketones is 2. The maximum absolute atomic E-state index is 12.9. The third-order valence-corrected chi connectivity index (χ3v) is 5.12. The van der Waals surface area contributed by atoms with E-state index in [1.54, 1.807) is 0 Å². The van der Waals surface area contributed by atoms with Crippen molar-refractivity contribution in [2.24, 2.45) is 5.41 Å². The Balaban J connectivity index is 2.63. The van der Waals surface area contributed by atoms with Crippen LogP contribution in [0.4, 0.5) is 0 Å². The number of rotatable bonds is 4. The van der Waals surface area contributed by atoms with Gasteiger partial charge in [0.15, 0.2) is 5.78 Å². The summed E-state index contributed by atoms with van der Waals surface area (Å²) in [5, 5.41) is 0. The molecule has 1 aliphatic carbocycles. The summed E-state index contributed by atoms with van der Waals surface area (Å²) >= 11 is 0. The molecule has 1 aromatic rings. The first-order valence-corrected chi connectivity index (χ1v) is 8.57.